The van der Waals surface area contributed by atoms with Gasteiger partial charge in [-0.15, -0.1) is 0 Å². The fraction of sp³-hybridized carbons (Fsp3) is 0.562. The number of carbonyl (C=O) groups is 2. The van der Waals surface area contributed by atoms with E-state index >= 15 is 0 Å². The van der Waals surface area contributed by atoms with Crippen molar-refractivity contribution in [2.75, 3.05) is 33.7 Å². The van der Waals surface area contributed by atoms with E-state index in [9.17, 15) is 9.59 Å². The number of aromatic nitrogens is 1. The Morgan fingerprint density at radius 3 is 2.64 bits per heavy atom. The van der Waals surface area contributed by atoms with Crippen molar-refractivity contribution < 1.29 is 9.59 Å². The summed E-state index contributed by atoms with van der Waals surface area (Å²) in [6.07, 6.45) is 0. The van der Waals surface area contributed by atoms with Crippen LogP contribution in [0.1, 0.15) is 18.3 Å². The number of pyridine rings is 1. The summed E-state index contributed by atoms with van der Waals surface area (Å²) in [6.45, 7) is 5.91. The van der Waals surface area contributed by atoms with Crippen LogP contribution >= 0.6 is 0 Å². The summed E-state index contributed by atoms with van der Waals surface area (Å²) in [7, 11) is 3.50. The smallest absolute Gasteiger partial charge is 0.241 e. The molecular weight excluding hydrogens is 280 g/mol. The molecule has 1 saturated heterocycles. The van der Waals surface area contributed by atoms with E-state index in [1.165, 1.54) is 0 Å². The van der Waals surface area contributed by atoms with Crippen LogP contribution in [0.15, 0.2) is 18.2 Å². The van der Waals surface area contributed by atoms with E-state index in [-0.39, 0.29) is 17.9 Å². The van der Waals surface area contributed by atoms with Crippen LogP contribution in [0.2, 0.25) is 0 Å². The number of hydrogen-bond donors (Lipinski definition) is 0. The van der Waals surface area contributed by atoms with Gasteiger partial charge in [0.25, 0.3) is 0 Å². The first-order valence-corrected chi connectivity index (χ1v) is 7.51. The van der Waals surface area contributed by atoms with Crippen molar-refractivity contribution in [3.8, 4) is 0 Å². The number of hydrogen-bond acceptors (Lipinski definition) is 4. The molecule has 6 nitrogen and oxygen atoms in total. The van der Waals surface area contributed by atoms with Crippen molar-refractivity contribution in [3.63, 3.8) is 0 Å². The van der Waals surface area contributed by atoms with Gasteiger partial charge in [0.1, 0.15) is 6.04 Å². The average molecular weight is 304 g/mol. The molecule has 2 amide bonds. The second-order valence-corrected chi connectivity index (χ2v) is 5.95. The van der Waals surface area contributed by atoms with Gasteiger partial charge in [-0.3, -0.25) is 19.5 Å². The molecule has 0 N–H and O–H groups in total. The maximum absolute atomic E-state index is 12.5. The topological polar surface area (TPSA) is 56.8 Å². The highest BCUT2D eigenvalue weighted by molar-refractivity contribution is 5.83. The lowest BCUT2D eigenvalue weighted by atomic mass is 10.1. The zero-order chi connectivity index (χ0) is 16.3. The Morgan fingerprint density at radius 1 is 1.32 bits per heavy atom. The first kappa shape index (κ1) is 16.4. The molecule has 0 aliphatic carbocycles. The van der Waals surface area contributed by atoms with Crippen molar-refractivity contribution in [3.05, 3.63) is 29.6 Å². The molecule has 1 aromatic rings. The molecule has 0 aromatic carbocycles. The van der Waals surface area contributed by atoms with E-state index < -0.39 is 0 Å². The lowest BCUT2D eigenvalue weighted by Gasteiger charge is -2.41. The molecule has 1 aromatic heterocycles. The van der Waals surface area contributed by atoms with Gasteiger partial charge in [0, 0.05) is 52.9 Å². The molecule has 6 heteroatoms. The molecule has 2 rings (SSSR count). The van der Waals surface area contributed by atoms with Crippen molar-refractivity contribution in [1.29, 1.82) is 0 Å². The zero-order valence-electron chi connectivity index (χ0n) is 13.7. The summed E-state index contributed by atoms with van der Waals surface area (Å²) in [4.78, 5) is 34.0. The van der Waals surface area contributed by atoms with E-state index in [0.29, 0.717) is 26.2 Å². The quantitative estimate of drug-likeness (QED) is 0.816. The SMILES string of the molecule is CC(=O)N1CCN(Cc2cccc(C)n2)[C@H](C(=O)N(C)C)C1. The van der Waals surface area contributed by atoms with Gasteiger partial charge in [0.15, 0.2) is 0 Å². The largest absolute Gasteiger partial charge is 0.347 e. The number of amides is 2. The molecule has 1 atom stereocenters. The van der Waals surface area contributed by atoms with Crippen LogP contribution in [0.3, 0.4) is 0 Å². The summed E-state index contributed by atoms with van der Waals surface area (Å²) in [5.41, 5.74) is 1.92. The van der Waals surface area contributed by atoms with Gasteiger partial charge >= 0.3 is 0 Å². The van der Waals surface area contributed by atoms with E-state index in [0.717, 1.165) is 11.4 Å². The number of rotatable bonds is 3. The second-order valence-electron chi connectivity index (χ2n) is 5.95. The minimum Gasteiger partial charge on any atom is -0.347 e. The van der Waals surface area contributed by atoms with Gasteiger partial charge in [-0.2, -0.15) is 0 Å². The van der Waals surface area contributed by atoms with Gasteiger partial charge < -0.3 is 9.80 Å². The minimum absolute atomic E-state index is 0.0184. The fourth-order valence-corrected chi connectivity index (χ4v) is 2.72. The highest BCUT2D eigenvalue weighted by Crippen LogP contribution is 2.15. The van der Waals surface area contributed by atoms with Gasteiger partial charge in [-0.25, -0.2) is 0 Å². The van der Waals surface area contributed by atoms with Crippen LogP contribution in [0, 0.1) is 6.92 Å². The maximum Gasteiger partial charge on any atom is 0.241 e. The summed E-state index contributed by atoms with van der Waals surface area (Å²) < 4.78 is 0. The summed E-state index contributed by atoms with van der Waals surface area (Å²) in [5, 5.41) is 0. The summed E-state index contributed by atoms with van der Waals surface area (Å²) >= 11 is 0. The Balaban J connectivity index is 2.16. The number of nitrogens with zero attached hydrogens (tertiary/aromatic N) is 4. The first-order chi connectivity index (χ1) is 10.4. The second kappa shape index (κ2) is 6.87. The molecular formula is C16H24N4O2. The van der Waals surface area contributed by atoms with Gasteiger partial charge in [0.05, 0.1) is 5.69 Å². The van der Waals surface area contributed by atoms with E-state index in [4.69, 9.17) is 0 Å². The third kappa shape index (κ3) is 3.82. The normalized spacial score (nSPS) is 19.1. The molecule has 2 heterocycles. The molecule has 0 saturated carbocycles. The third-order valence-corrected chi connectivity index (χ3v) is 3.97. The highest BCUT2D eigenvalue weighted by Gasteiger charge is 2.34. The van der Waals surface area contributed by atoms with Crippen LogP contribution in [-0.2, 0) is 16.1 Å². The number of carbonyl (C=O) groups excluding carboxylic acids is 2. The van der Waals surface area contributed by atoms with Gasteiger partial charge in [0.2, 0.25) is 11.8 Å². The number of likely N-dealkylation sites (N-methyl/N-ethyl adjacent to an activating group) is 1. The first-order valence-electron chi connectivity index (χ1n) is 7.51. The van der Waals surface area contributed by atoms with Gasteiger partial charge in [-0.1, -0.05) is 6.07 Å². The molecule has 1 aliphatic rings. The van der Waals surface area contributed by atoms with E-state index in [1.807, 2.05) is 25.1 Å². The highest BCUT2D eigenvalue weighted by atomic mass is 16.2. The molecule has 0 radical (unpaired) electrons. The van der Waals surface area contributed by atoms with Crippen LogP contribution in [-0.4, -0.2) is 71.3 Å². The van der Waals surface area contributed by atoms with Crippen LogP contribution in [0.4, 0.5) is 0 Å². The molecule has 120 valence electrons. The lowest BCUT2D eigenvalue weighted by Crippen LogP contribution is -2.59. The molecule has 0 spiro atoms. The summed E-state index contributed by atoms with van der Waals surface area (Å²) in [6, 6.07) is 5.60. The van der Waals surface area contributed by atoms with E-state index in [2.05, 4.69) is 9.88 Å². The predicted molar refractivity (Wildman–Crippen MR) is 84.1 cm³/mol. The Bertz CT molecular complexity index is 559. The van der Waals surface area contributed by atoms with Crippen molar-refractivity contribution >= 4 is 11.8 Å². The Kier molecular flexibility index (Phi) is 5.13. The lowest BCUT2D eigenvalue weighted by molar-refractivity contribution is -0.141. The fourth-order valence-electron chi connectivity index (χ4n) is 2.72. The van der Waals surface area contributed by atoms with Crippen LogP contribution in [0.25, 0.3) is 0 Å². The molecule has 1 aliphatic heterocycles. The van der Waals surface area contributed by atoms with Crippen molar-refractivity contribution in [1.82, 2.24) is 19.7 Å². The third-order valence-electron chi connectivity index (χ3n) is 3.97. The molecule has 0 unspecified atom stereocenters. The standard InChI is InChI=1S/C16H24N4O2/c1-12-6-5-7-14(17-12)10-20-9-8-19(13(2)21)11-15(20)16(22)18(3)4/h5-7,15H,8-11H2,1-4H3/t15-/m0/s1. The molecule has 0 bridgehead atoms. The molecule has 1 fully saturated rings. The number of piperazine rings is 1. The van der Waals surface area contributed by atoms with Crippen molar-refractivity contribution in [2.24, 2.45) is 0 Å². The van der Waals surface area contributed by atoms with Crippen LogP contribution in [0.5, 0.6) is 0 Å². The van der Waals surface area contributed by atoms with Crippen molar-refractivity contribution in [2.45, 2.75) is 26.4 Å². The maximum atomic E-state index is 12.5. The minimum atomic E-state index is -0.310. The number of aryl methyl sites for hydroxylation is 1. The Hall–Kier alpha value is -1.95. The van der Waals surface area contributed by atoms with Crippen LogP contribution < -0.4 is 0 Å². The monoisotopic (exact) mass is 304 g/mol. The Morgan fingerprint density at radius 2 is 2.05 bits per heavy atom. The molecule has 22 heavy (non-hydrogen) atoms. The Labute approximate surface area is 131 Å². The van der Waals surface area contributed by atoms with Gasteiger partial charge in [-0.05, 0) is 19.1 Å². The zero-order valence-corrected chi connectivity index (χ0v) is 13.7. The average Bonchev–Trinajstić information content (AvgIpc) is 2.46. The predicted octanol–water partition coefficient (Wildman–Crippen LogP) is 0.511. The van der Waals surface area contributed by atoms with E-state index in [1.54, 1.807) is 30.8 Å². The summed E-state index contributed by atoms with van der Waals surface area (Å²) in [5.74, 6) is 0.0449.